The fourth-order valence-corrected chi connectivity index (χ4v) is 4.87. The summed E-state index contributed by atoms with van der Waals surface area (Å²) in [5, 5.41) is 5.33. The van der Waals surface area contributed by atoms with E-state index >= 15 is 0 Å². The van der Waals surface area contributed by atoms with E-state index in [1.165, 1.54) is 22.6 Å². The number of aryl methyl sites for hydroxylation is 1. The van der Waals surface area contributed by atoms with Crippen LogP contribution < -0.4 is 5.32 Å². The third-order valence-corrected chi connectivity index (χ3v) is 6.11. The molecule has 0 radical (unpaired) electrons. The summed E-state index contributed by atoms with van der Waals surface area (Å²) in [6.45, 7) is 6.41. The van der Waals surface area contributed by atoms with Gasteiger partial charge < -0.3 is 5.32 Å². The number of thiophene rings is 2. The van der Waals surface area contributed by atoms with E-state index in [0.717, 1.165) is 18.0 Å². The van der Waals surface area contributed by atoms with Crippen molar-refractivity contribution in [3.05, 3.63) is 44.3 Å². The molecule has 0 spiro atoms. The number of carbonyl (C=O) groups is 1. The molecule has 3 rings (SSSR count). The minimum absolute atomic E-state index is 0.0475. The first-order valence-corrected chi connectivity index (χ1v) is 9.49. The second-order valence-corrected chi connectivity index (χ2v) is 8.14. The lowest BCUT2D eigenvalue weighted by molar-refractivity contribution is 0.0912. The number of rotatable bonds is 5. The zero-order valence-electron chi connectivity index (χ0n) is 13.0. The molecule has 2 atom stereocenters. The fourth-order valence-electron chi connectivity index (χ4n) is 3.14. The summed E-state index contributed by atoms with van der Waals surface area (Å²) < 4.78 is 0. The highest BCUT2D eigenvalue weighted by molar-refractivity contribution is 7.14. The van der Waals surface area contributed by atoms with E-state index < -0.39 is 0 Å². The monoisotopic (exact) mass is 334 g/mol. The first-order valence-electron chi connectivity index (χ1n) is 7.80. The number of hydrogen-bond donors (Lipinski definition) is 1. The SMILES string of the molecule is Cc1ccc(C(=O)NC(C)C(c2cccs2)N2CCCC2)s1. The molecule has 0 bridgehead atoms. The van der Waals surface area contributed by atoms with E-state index in [4.69, 9.17) is 0 Å². The lowest BCUT2D eigenvalue weighted by Crippen LogP contribution is -2.43. The zero-order valence-corrected chi connectivity index (χ0v) is 14.7. The van der Waals surface area contributed by atoms with Crippen LogP contribution >= 0.6 is 22.7 Å². The van der Waals surface area contributed by atoms with Crippen molar-refractivity contribution in [1.82, 2.24) is 10.2 Å². The van der Waals surface area contributed by atoms with Crippen LogP contribution in [0, 0.1) is 6.92 Å². The first-order chi connectivity index (χ1) is 10.6. The minimum atomic E-state index is 0.0475. The highest BCUT2D eigenvalue weighted by atomic mass is 32.1. The largest absolute Gasteiger partial charge is 0.347 e. The van der Waals surface area contributed by atoms with Gasteiger partial charge in [-0.05, 0) is 63.4 Å². The van der Waals surface area contributed by atoms with Gasteiger partial charge in [0.05, 0.1) is 10.9 Å². The molecule has 3 nitrogen and oxygen atoms in total. The smallest absolute Gasteiger partial charge is 0.261 e. The van der Waals surface area contributed by atoms with Gasteiger partial charge in [-0.3, -0.25) is 9.69 Å². The van der Waals surface area contributed by atoms with Gasteiger partial charge in [0, 0.05) is 15.8 Å². The molecular formula is C17H22N2OS2. The van der Waals surface area contributed by atoms with Gasteiger partial charge in [-0.1, -0.05) is 6.07 Å². The topological polar surface area (TPSA) is 32.3 Å². The van der Waals surface area contributed by atoms with Crippen molar-refractivity contribution in [3.8, 4) is 0 Å². The number of hydrogen-bond acceptors (Lipinski definition) is 4. The molecular weight excluding hydrogens is 312 g/mol. The lowest BCUT2D eigenvalue weighted by Gasteiger charge is -2.32. The van der Waals surface area contributed by atoms with Gasteiger partial charge in [0.1, 0.15) is 0 Å². The standard InChI is InChI=1S/C17H22N2OS2/c1-12-7-8-15(22-12)17(20)18-13(2)16(14-6-5-11-21-14)19-9-3-4-10-19/h5-8,11,13,16H,3-4,9-10H2,1-2H3,(H,18,20). The van der Waals surface area contributed by atoms with Crippen LogP contribution in [0.4, 0.5) is 0 Å². The Morgan fingerprint density at radius 3 is 2.64 bits per heavy atom. The Labute approximate surface area is 140 Å². The predicted molar refractivity (Wildman–Crippen MR) is 93.9 cm³/mol. The molecule has 1 fully saturated rings. The number of amides is 1. The molecule has 1 aliphatic heterocycles. The molecule has 1 saturated heterocycles. The summed E-state index contributed by atoms with van der Waals surface area (Å²) in [4.78, 5) is 18.3. The normalized spacial score (nSPS) is 18.3. The summed E-state index contributed by atoms with van der Waals surface area (Å²) in [5.74, 6) is 0.0475. The average Bonchev–Trinajstić information content (AvgIpc) is 3.20. The van der Waals surface area contributed by atoms with Crippen molar-refractivity contribution in [2.45, 2.75) is 38.8 Å². The Balaban J connectivity index is 1.74. The van der Waals surface area contributed by atoms with Crippen LogP contribution in [0.2, 0.25) is 0 Å². The van der Waals surface area contributed by atoms with Crippen molar-refractivity contribution in [2.75, 3.05) is 13.1 Å². The Morgan fingerprint density at radius 1 is 1.27 bits per heavy atom. The molecule has 2 aromatic rings. The Bertz CT molecular complexity index is 614. The number of carbonyl (C=O) groups excluding carboxylic acids is 1. The summed E-state index contributed by atoms with van der Waals surface area (Å²) in [7, 11) is 0. The highest BCUT2D eigenvalue weighted by Crippen LogP contribution is 2.31. The molecule has 118 valence electrons. The van der Waals surface area contributed by atoms with Gasteiger partial charge in [-0.15, -0.1) is 22.7 Å². The minimum Gasteiger partial charge on any atom is -0.347 e. The lowest BCUT2D eigenvalue weighted by atomic mass is 10.1. The molecule has 2 aromatic heterocycles. The maximum atomic E-state index is 12.4. The molecule has 0 aromatic carbocycles. The predicted octanol–water partition coefficient (Wildman–Crippen LogP) is 4.07. The highest BCUT2D eigenvalue weighted by Gasteiger charge is 2.30. The summed E-state index contributed by atoms with van der Waals surface area (Å²) in [6.07, 6.45) is 2.51. The molecule has 0 aliphatic carbocycles. The molecule has 2 unspecified atom stereocenters. The van der Waals surface area contributed by atoms with Gasteiger partial charge in [-0.25, -0.2) is 0 Å². The summed E-state index contributed by atoms with van der Waals surface area (Å²) >= 11 is 3.34. The second kappa shape index (κ2) is 6.94. The van der Waals surface area contributed by atoms with E-state index in [9.17, 15) is 4.79 Å². The van der Waals surface area contributed by atoms with Crippen molar-refractivity contribution >= 4 is 28.6 Å². The zero-order chi connectivity index (χ0) is 15.5. The molecule has 0 saturated carbocycles. The third-order valence-electron chi connectivity index (χ3n) is 4.17. The maximum Gasteiger partial charge on any atom is 0.261 e. The first kappa shape index (κ1) is 15.7. The van der Waals surface area contributed by atoms with E-state index in [1.807, 2.05) is 19.1 Å². The second-order valence-electron chi connectivity index (χ2n) is 5.88. The maximum absolute atomic E-state index is 12.4. The van der Waals surface area contributed by atoms with E-state index in [-0.39, 0.29) is 18.0 Å². The van der Waals surface area contributed by atoms with Crippen LogP contribution in [0.3, 0.4) is 0 Å². The molecule has 3 heterocycles. The van der Waals surface area contributed by atoms with Crippen LogP contribution in [0.5, 0.6) is 0 Å². The molecule has 5 heteroatoms. The summed E-state index contributed by atoms with van der Waals surface area (Å²) in [5.41, 5.74) is 0. The number of nitrogens with zero attached hydrogens (tertiary/aromatic N) is 1. The van der Waals surface area contributed by atoms with Gasteiger partial charge in [0.15, 0.2) is 0 Å². The summed E-state index contributed by atoms with van der Waals surface area (Å²) in [6, 6.07) is 8.59. The van der Waals surface area contributed by atoms with Crippen molar-refractivity contribution in [3.63, 3.8) is 0 Å². The van der Waals surface area contributed by atoms with Gasteiger partial charge in [0.25, 0.3) is 5.91 Å². The van der Waals surface area contributed by atoms with E-state index in [1.54, 1.807) is 22.7 Å². The van der Waals surface area contributed by atoms with Crippen LogP contribution in [0.15, 0.2) is 29.6 Å². The fraction of sp³-hybridized carbons (Fsp3) is 0.471. The van der Waals surface area contributed by atoms with Crippen LogP contribution in [0.1, 0.15) is 45.2 Å². The average molecular weight is 335 g/mol. The Hall–Kier alpha value is -1.17. The van der Waals surface area contributed by atoms with Crippen molar-refractivity contribution < 1.29 is 4.79 Å². The Morgan fingerprint density at radius 2 is 2.05 bits per heavy atom. The molecule has 1 amide bonds. The number of likely N-dealkylation sites (tertiary alicyclic amines) is 1. The van der Waals surface area contributed by atoms with Gasteiger partial charge in [0.2, 0.25) is 0 Å². The van der Waals surface area contributed by atoms with Crippen LogP contribution in [-0.2, 0) is 0 Å². The molecule has 1 aliphatic rings. The van der Waals surface area contributed by atoms with Gasteiger partial charge >= 0.3 is 0 Å². The van der Waals surface area contributed by atoms with Crippen LogP contribution in [0.25, 0.3) is 0 Å². The molecule has 1 N–H and O–H groups in total. The quantitative estimate of drug-likeness (QED) is 0.894. The Kier molecular flexibility index (Phi) is 4.96. The molecule has 22 heavy (non-hydrogen) atoms. The van der Waals surface area contributed by atoms with Crippen LogP contribution in [-0.4, -0.2) is 29.9 Å². The third kappa shape index (κ3) is 3.42. The van der Waals surface area contributed by atoms with Crippen molar-refractivity contribution in [2.24, 2.45) is 0 Å². The van der Waals surface area contributed by atoms with Crippen molar-refractivity contribution in [1.29, 1.82) is 0 Å². The van der Waals surface area contributed by atoms with Gasteiger partial charge in [-0.2, -0.15) is 0 Å². The van der Waals surface area contributed by atoms with E-state index in [2.05, 4.69) is 34.7 Å². The number of nitrogens with one attached hydrogen (secondary N) is 1. The van der Waals surface area contributed by atoms with E-state index in [0.29, 0.717) is 0 Å².